The Balaban J connectivity index is 2.06. The highest BCUT2D eigenvalue weighted by atomic mass is 16.6. The molecule has 0 amide bonds. The molecule has 6 heteroatoms. The van der Waals surface area contributed by atoms with Crippen molar-refractivity contribution in [3.63, 3.8) is 0 Å². The molecule has 0 spiro atoms. The van der Waals surface area contributed by atoms with Crippen molar-refractivity contribution in [2.24, 2.45) is 0 Å². The van der Waals surface area contributed by atoms with Crippen molar-refractivity contribution in [3.8, 4) is 0 Å². The third-order valence-corrected chi connectivity index (χ3v) is 3.01. The summed E-state index contributed by atoms with van der Waals surface area (Å²) in [5.41, 5.74) is 1.03. The second-order valence-corrected chi connectivity index (χ2v) is 4.48. The summed E-state index contributed by atoms with van der Waals surface area (Å²) in [5, 5.41) is 14.9. The van der Waals surface area contributed by atoms with Gasteiger partial charge in [-0.25, -0.2) is 0 Å². The molecule has 112 valence electrons. The van der Waals surface area contributed by atoms with E-state index < -0.39 is 4.92 Å². The number of nitro benzene ring substituents is 1. The summed E-state index contributed by atoms with van der Waals surface area (Å²) in [6.07, 6.45) is 9.35. The number of hydrogen-bond acceptors (Lipinski definition) is 4. The van der Waals surface area contributed by atoms with Gasteiger partial charge in [0.15, 0.2) is 5.78 Å². The van der Waals surface area contributed by atoms with Gasteiger partial charge in [-0.15, -0.1) is 0 Å². The van der Waals surface area contributed by atoms with Crippen molar-refractivity contribution in [1.29, 1.82) is 0 Å². The lowest BCUT2D eigenvalue weighted by atomic mass is 10.1. The predicted molar refractivity (Wildman–Crippen MR) is 83.5 cm³/mol. The Kier molecular flexibility index (Phi) is 4.98. The third-order valence-electron chi connectivity index (χ3n) is 3.01. The molecule has 6 nitrogen and oxygen atoms in total. The second-order valence-electron chi connectivity index (χ2n) is 4.48. The monoisotopic (exact) mass is 297 g/mol. The number of hydrogen-bond donors (Lipinski definition) is 0. The van der Waals surface area contributed by atoms with Crippen LogP contribution in [0.4, 0.5) is 5.69 Å². The summed E-state index contributed by atoms with van der Waals surface area (Å²) in [5.74, 6) is -0.160. The number of allylic oxidation sites excluding steroid dienone is 3. The number of carbonyl (C=O) groups excluding carboxylic acids is 1. The lowest BCUT2D eigenvalue weighted by Gasteiger charge is -1.95. The van der Waals surface area contributed by atoms with Crippen LogP contribution in [0.5, 0.6) is 0 Å². The molecule has 0 aliphatic rings. The van der Waals surface area contributed by atoms with Gasteiger partial charge in [0, 0.05) is 18.8 Å². The number of aryl methyl sites for hydroxylation is 1. The average molecular weight is 297 g/mol. The van der Waals surface area contributed by atoms with Crippen LogP contribution in [0, 0.1) is 10.1 Å². The van der Waals surface area contributed by atoms with Crippen molar-refractivity contribution in [2.45, 2.75) is 13.5 Å². The van der Waals surface area contributed by atoms with E-state index in [1.807, 2.05) is 6.92 Å². The maximum atomic E-state index is 11.9. The lowest BCUT2D eigenvalue weighted by Crippen LogP contribution is -1.94. The van der Waals surface area contributed by atoms with Gasteiger partial charge in [0.2, 0.25) is 0 Å². The van der Waals surface area contributed by atoms with Crippen LogP contribution < -0.4 is 0 Å². The molecule has 0 radical (unpaired) electrons. The first-order chi connectivity index (χ1) is 10.6. The first-order valence-corrected chi connectivity index (χ1v) is 6.76. The van der Waals surface area contributed by atoms with E-state index in [1.165, 1.54) is 18.3 Å². The Morgan fingerprint density at radius 1 is 1.36 bits per heavy atom. The fourth-order valence-corrected chi connectivity index (χ4v) is 1.86. The van der Waals surface area contributed by atoms with E-state index in [-0.39, 0.29) is 11.5 Å². The smallest absolute Gasteiger partial charge is 0.276 e. The topological polar surface area (TPSA) is 78.0 Å². The molecule has 0 saturated heterocycles. The van der Waals surface area contributed by atoms with Crippen LogP contribution in [0.15, 0.2) is 54.9 Å². The van der Waals surface area contributed by atoms with Gasteiger partial charge >= 0.3 is 0 Å². The summed E-state index contributed by atoms with van der Waals surface area (Å²) in [7, 11) is 0. The van der Waals surface area contributed by atoms with Crippen LogP contribution in [0.25, 0.3) is 6.08 Å². The molecule has 2 aromatic rings. The summed E-state index contributed by atoms with van der Waals surface area (Å²) in [4.78, 5) is 22.3. The van der Waals surface area contributed by atoms with E-state index in [2.05, 4.69) is 5.10 Å². The normalized spacial score (nSPS) is 11.3. The number of aromatic nitrogens is 2. The highest BCUT2D eigenvalue weighted by Gasteiger charge is 2.08. The van der Waals surface area contributed by atoms with Gasteiger partial charge in [0.1, 0.15) is 0 Å². The minimum Gasteiger partial charge on any atom is -0.289 e. The number of carbonyl (C=O) groups is 1. The molecule has 2 rings (SSSR count). The van der Waals surface area contributed by atoms with Crippen LogP contribution in [-0.2, 0) is 6.54 Å². The Morgan fingerprint density at radius 3 is 2.82 bits per heavy atom. The first-order valence-electron chi connectivity index (χ1n) is 6.76. The number of nitro groups is 1. The zero-order chi connectivity index (χ0) is 15.9. The SMILES string of the molecule is CCn1cc(C(=O)C=CC=Cc2ccccc2[N+](=O)[O-])cn1. The Morgan fingerprint density at radius 2 is 2.14 bits per heavy atom. The minimum absolute atomic E-state index is 0.0303. The maximum absolute atomic E-state index is 11.9. The summed E-state index contributed by atoms with van der Waals surface area (Å²) in [6, 6.07) is 6.42. The molecule has 0 unspecified atom stereocenters. The Bertz CT molecular complexity index is 745. The molecule has 0 N–H and O–H groups in total. The van der Waals surface area contributed by atoms with Gasteiger partial charge in [0.25, 0.3) is 5.69 Å². The molecule has 0 aliphatic heterocycles. The van der Waals surface area contributed by atoms with E-state index in [1.54, 1.807) is 47.3 Å². The van der Waals surface area contributed by atoms with E-state index in [9.17, 15) is 14.9 Å². The number of nitrogens with zero attached hydrogens (tertiary/aromatic N) is 3. The Labute approximate surface area is 127 Å². The second kappa shape index (κ2) is 7.12. The van der Waals surface area contributed by atoms with E-state index >= 15 is 0 Å². The van der Waals surface area contributed by atoms with Crippen LogP contribution in [0.2, 0.25) is 0 Å². The maximum Gasteiger partial charge on any atom is 0.276 e. The molecular weight excluding hydrogens is 282 g/mol. The fraction of sp³-hybridized carbons (Fsp3) is 0.125. The van der Waals surface area contributed by atoms with E-state index in [0.717, 1.165) is 0 Å². The first kappa shape index (κ1) is 15.4. The zero-order valence-corrected chi connectivity index (χ0v) is 12.0. The zero-order valence-electron chi connectivity index (χ0n) is 12.0. The van der Waals surface area contributed by atoms with Crippen LogP contribution in [-0.4, -0.2) is 20.5 Å². The van der Waals surface area contributed by atoms with Crippen molar-refractivity contribution in [2.75, 3.05) is 0 Å². The fourth-order valence-electron chi connectivity index (χ4n) is 1.86. The largest absolute Gasteiger partial charge is 0.289 e. The van der Waals surface area contributed by atoms with Crippen molar-refractivity contribution < 1.29 is 9.72 Å². The van der Waals surface area contributed by atoms with Gasteiger partial charge in [-0.1, -0.05) is 24.3 Å². The summed E-state index contributed by atoms with van der Waals surface area (Å²) < 4.78 is 1.67. The number of para-hydroxylation sites is 1. The minimum atomic E-state index is -0.437. The summed E-state index contributed by atoms with van der Waals surface area (Å²) in [6.45, 7) is 2.64. The highest BCUT2D eigenvalue weighted by molar-refractivity contribution is 6.04. The third kappa shape index (κ3) is 3.76. The summed E-state index contributed by atoms with van der Waals surface area (Å²) >= 11 is 0. The molecule has 0 aliphatic carbocycles. The van der Waals surface area contributed by atoms with Gasteiger partial charge in [-0.05, 0) is 25.1 Å². The molecule has 0 bridgehead atoms. The number of benzene rings is 1. The molecule has 1 aromatic carbocycles. The molecule has 1 heterocycles. The molecule has 1 aromatic heterocycles. The van der Waals surface area contributed by atoms with Crippen LogP contribution in [0.1, 0.15) is 22.8 Å². The van der Waals surface area contributed by atoms with Gasteiger partial charge in [-0.3, -0.25) is 19.6 Å². The Hall–Kier alpha value is -3.02. The van der Waals surface area contributed by atoms with Crippen LogP contribution >= 0.6 is 0 Å². The average Bonchev–Trinajstić information content (AvgIpc) is 3.00. The van der Waals surface area contributed by atoms with Crippen molar-refractivity contribution in [1.82, 2.24) is 9.78 Å². The van der Waals surface area contributed by atoms with Crippen molar-refractivity contribution in [3.05, 3.63) is 76.1 Å². The van der Waals surface area contributed by atoms with Gasteiger partial charge < -0.3 is 0 Å². The number of rotatable bonds is 6. The molecule has 0 fully saturated rings. The van der Waals surface area contributed by atoms with Gasteiger partial charge in [-0.2, -0.15) is 5.10 Å². The highest BCUT2D eigenvalue weighted by Crippen LogP contribution is 2.18. The van der Waals surface area contributed by atoms with Crippen molar-refractivity contribution >= 4 is 17.5 Å². The van der Waals surface area contributed by atoms with Crippen LogP contribution in [0.3, 0.4) is 0 Å². The number of ketones is 1. The lowest BCUT2D eigenvalue weighted by molar-refractivity contribution is -0.385. The molecular formula is C16H15N3O3. The molecule has 0 saturated carbocycles. The standard InChI is InChI=1S/C16H15N3O3/c1-2-18-12-14(11-17-18)16(20)10-6-4-8-13-7-3-5-9-15(13)19(21)22/h3-12H,2H2,1H3. The predicted octanol–water partition coefficient (Wildman–Crippen LogP) is 3.26. The van der Waals surface area contributed by atoms with E-state index in [4.69, 9.17) is 0 Å². The van der Waals surface area contributed by atoms with Gasteiger partial charge in [0.05, 0.1) is 22.2 Å². The molecule has 22 heavy (non-hydrogen) atoms. The van der Waals surface area contributed by atoms with E-state index in [0.29, 0.717) is 17.7 Å². The molecule has 0 atom stereocenters. The quantitative estimate of drug-likeness (QED) is 0.269.